The van der Waals surface area contributed by atoms with Crippen LogP contribution in [0.4, 0.5) is 26.3 Å². The standard InChI is InChI=1S/C18H12BrF6N3O6S2/c1-2-35(29,30)13-5-9(15(19)28-33-8-17(20,21)22)7-26-14(13)16-27-11-6-10(3-4-12(11)34-16)36(31,32)18(23,24)25/h3-7H,2,8H2,1H3/b28-15-. The second kappa shape index (κ2) is 9.62. The molecule has 0 aliphatic carbocycles. The van der Waals surface area contributed by atoms with E-state index < -0.39 is 59.4 Å². The first-order valence-corrected chi connectivity index (χ1v) is 13.3. The van der Waals surface area contributed by atoms with Crippen molar-refractivity contribution in [2.75, 3.05) is 12.4 Å². The summed E-state index contributed by atoms with van der Waals surface area (Å²) in [4.78, 5) is 10.4. The predicted octanol–water partition coefficient (Wildman–Crippen LogP) is 4.61. The Balaban J connectivity index is 2.10. The van der Waals surface area contributed by atoms with Gasteiger partial charge in [0, 0.05) is 11.8 Å². The number of oxime groups is 1. The highest BCUT2D eigenvalue weighted by Gasteiger charge is 2.47. The van der Waals surface area contributed by atoms with Gasteiger partial charge in [-0.2, -0.15) is 26.3 Å². The van der Waals surface area contributed by atoms with E-state index in [1.54, 1.807) is 0 Å². The van der Waals surface area contributed by atoms with Crippen molar-refractivity contribution in [3.8, 4) is 11.6 Å². The third-order valence-corrected chi connectivity index (χ3v) is 8.18. The van der Waals surface area contributed by atoms with Crippen LogP contribution >= 0.6 is 15.9 Å². The van der Waals surface area contributed by atoms with Crippen molar-refractivity contribution in [1.82, 2.24) is 9.97 Å². The van der Waals surface area contributed by atoms with Gasteiger partial charge in [0.05, 0.1) is 15.5 Å². The van der Waals surface area contributed by atoms with Gasteiger partial charge in [0.25, 0.3) is 9.84 Å². The van der Waals surface area contributed by atoms with Crippen LogP contribution in [0.5, 0.6) is 0 Å². The molecule has 36 heavy (non-hydrogen) atoms. The van der Waals surface area contributed by atoms with Crippen molar-refractivity contribution in [1.29, 1.82) is 0 Å². The first kappa shape index (κ1) is 27.9. The number of pyridine rings is 1. The summed E-state index contributed by atoms with van der Waals surface area (Å²) in [5.74, 6) is -0.912. The zero-order chi connectivity index (χ0) is 27.1. The van der Waals surface area contributed by atoms with Crippen LogP contribution in [0.1, 0.15) is 12.5 Å². The minimum absolute atomic E-state index is 0.0948. The molecule has 2 aromatic heterocycles. The van der Waals surface area contributed by atoms with Crippen molar-refractivity contribution in [2.24, 2.45) is 5.16 Å². The summed E-state index contributed by atoms with van der Waals surface area (Å²) < 4.78 is 129. The highest BCUT2D eigenvalue weighted by Crippen LogP contribution is 2.34. The Morgan fingerprint density at radius 2 is 1.78 bits per heavy atom. The SMILES string of the molecule is CCS(=O)(=O)c1cc(/C(Br)=N/OCC(F)(F)F)cnc1-c1nc2cc(S(=O)(=O)C(F)(F)F)ccc2o1. The molecule has 1 aromatic carbocycles. The van der Waals surface area contributed by atoms with Crippen molar-refractivity contribution in [2.45, 2.75) is 28.4 Å². The number of fused-ring (bicyclic) bond motifs is 1. The number of oxazole rings is 1. The average molecular weight is 624 g/mol. The van der Waals surface area contributed by atoms with Crippen LogP contribution in [0, 0.1) is 0 Å². The first-order chi connectivity index (χ1) is 16.5. The van der Waals surface area contributed by atoms with E-state index in [0.29, 0.717) is 12.1 Å². The largest absolute Gasteiger partial charge is 0.501 e. The monoisotopic (exact) mass is 623 g/mol. The van der Waals surface area contributed by atoms with Gasteiger partial charge >= 0.3 is 11.7 Å². The van der Waals surface area contributed by atoms with Gasteiger partial charge in [0.1, 0.15) is 11.2 Å². The molecule has 0 unspecified atom stereocenters. The summed E-state index contributed by atoms with van der Waals surface area (Å²) in [6.45, 7) is -0.412. The molecule has 0 spiro atoms. The minimum atomic E-state index is -5.68. The molecule has 0 radical (unpaired) electrons. The Labute approximate surface area is 207 Å². The quantitative estimate of drug-likeness (QED) is 0.212. The molecule has 0 aliphatic rings. The van der Waals surface area contributed by atoms with Gasteiger partial charge in [-0.3, -0.25) is 0 Å². The van der Waals surface area contributed by atoms with E-state index in [9.17, 15) is 43.2 Å². The minimum Gasteiger partial charge on any atom is -0.435 e. The summed E-state index contributed by atoms with van der Waals surface area (Å²) in [7, 11) is -9.75. The fourth-order valence-corrected chi connectivity index (χ4v) is 4.79. The Bertz CT molecular complexity index is 1550. The smallest absolute Gasteiger partial charge is 0.435 e. The lowest BCUT2D eigenvalue weighted by molar-refractivity contribution is -0.173. The van der Waals surface area contributed by atoms with Crippen LogP contribution in [0.3, 0.4) is 0 Å². The fourth-order valence-electron chi connectivity index (χ4n) is 2.63. The van der Waals surface area contributed by atoms with Crippen molar-refractivity contribution in [3.63, 3.8) is 0 Å². The topological polar surface area (TPSA) is 129 Å². The molecule has 0 N–H and O–H groups in total. The molecule has 3 aromatic rings. The van der Waals surface area contributed by atoms with Gasteiger partial charge in [0.15, 0.2) is 20.0 Å². The predicted molar refractivity (Wildman–Crippen MR) is 116 cm³/mol. The highest BCUT2D eigenvalue weighted by molar-refractivity contribution is 9.18. The summed E-state index contributed by atoms with van der Waals surface area (Å²) in [6, 6.07) is 3.16. The molecule has 0 aliphatic heterocycles. The van der Waals surface area contributed by atoms with Crippen LogP contribution in [-0.2, 0) is 24.5 Å². The third-order valence-electron chi connectivity index (χ3n) is 4.36. The second-order valence-corrected chi connectivity index (χ2v) is 11.8. The Morgan fingerprint density at radius 3 is 2.36 bits per heavy atom. The molecule has 9 nitrogen and oxygen atoms in total. The van der Waals surface area contributed by atoms with Gasteiger partial charge in [-0.05, 0) is 40.2 Å². The molecule has 0 fully saturated rings. The van der Waals surface area contributed by atoms with Gasteiger partial charge in [0.2, 0.25) is 12.5 Å². The number of nitrogens with zero attached hydrogens (tertiary/aromatic N) is 3. The number of sulfone groups is 2. The Morgan fingerprint density at radius 1 is 1.11 bits per heavy atom. The van der Waals surface area contributed by atoms with E-state index in [0.717, 1.165) is 18.3 Å². The lowest BCUT2D eigenvalue weighted by Crippen LogP contribution is -2.23. The maximum atomic E-state index is 12.9. The summed E-state index contributed by atoms with van der Waals surface area (Å²) in [6.07, 6.45) is -3.66. The maximum absolute atomic E-state index is 12.9. The van der Waals surface area contributed by atoms with E-state index in [-0.39, 0.29) is 27.0 Å². The van der Waals surface area contributed by atoms with Gasteiger partial charge in [-0.15, -0.1) is 0 Å². The zero-order valence-electron chi connectivity index (χ0n) is 17.6. The molecule has 0 saturated carbocycles. The Hall–Kier alpha value is -2.73. The van der Waals surface area contributed by atoms with Crippen LogP contribution in [0.25, 0.3) is 22.7 Å². The van der Waals surface area contributed by atoms with Crippen LogP contribution in [0.2, 0.25) is 0 Å². The number of hydrogen-bond acceptors (Lipinski definition) is 9. The van der Waals surface area contributed by atoms with E-state index in [2.05, 4.69) is 35.9 Å². The number of benzene rings is 1. The maximum Gasteiger partial charge on any atom is 0.501 e. The molecule has 0 atom stereocenters. The molecule has 0 saturated heterocycles. The molecular formula is C18H12BrF6N3O6S2. The Kier molecular flexibility index (Phi) is 7.44. The van der Waals surface area contributed by atoms with Gasteiger partial charge < -0.3 is 9.25 Å². The summed E-state index contributed by atoms with van der Waals surface area (Å²) in [5, 5.41) is 3.21. The van der Waals surface area contributed by atoms with E-state index in [1.165, 1.54) is 6.92 Å². The fraction of sp³-hybridized carbons (Fsp3) is 0.278. The molecule has 3 rings (SSSR count). The van der Waals surface area contributed by atoms with Crippen molar-refractivity contribution in [3.05, 3.63) is 36.0 Å². The molecule has 0 amide bonds. The third kappa shape index (κ3) is 5.80. The highest BCUT2D eigenvalue weighted by atomic mass is 79.9. The lowest BCUT2D eigenvalue weighted by Gasteiger charge is -2.08. The van der Waals surface area contributed by atoms with Crippen LogP contribution in [-0.4, -0.2) is 55.5 Å². The van der Waals surface area contributed by atoms with E-state index in [4.69, 9.17) is 4.42 Å². The average Bonchev–Trinajstić information content (AvgIpc) is 3.20. The van der Waals surface area contributed by atoms with Gasteiger partial charge in [-0.1, -0.05) is 12.1 Å². The van der Waals surface area contributed by atoms with Crippen molar-refractivity contribution >= 4 is 51.3 Å². The molecule has 0 bridgehead atoms. The second-order valence-electron chi connectivity index (χ2n) is 6.84. The number of hydrogen-bond donors (Lipinski definition) is 0. The van der Waals surface area contributed by atoms with Crippen LogP contribution < -0.4 is 0 Å². The zero-order valence-corrected chi connectivity index (χ0v) is 20.8. The van der Waals surface area contributed by atoms with E-state index in [1.807, 2.05) is 0 Å². The molecule has 18 heteroatoms. The number of alkyl halides is 6. The number of halogens is 7. The van der Waals surface area contributed by atoms with Crippen molar-refractivity contribution < 1.29 is 52.4 Å². The number of aromatic nitrogens is 2. The molecule has 196 valence electrons. The first-order valence-electron chi connectivity index (χ1n) is 9.34. The normalized spacial score (nSPS) is 13.8. The summed E-state index contributed by atoms with van der Waals surface area (Å²) >= 11 is 2.86. The van der Waals surface area contributed by atoms with E-state index >= 15 is 0 Å². The summed E-state index contributed by atoms with van der Waals surface area (Å²) in [5.41, 5.74) is -6.54. The molecule has 2 heterocycles. The van der Waals surface area contributed by atoms with Crippen LogP contribution in [0.15, 0.2) is 49.8 Å². The van der Waals surface area contributed by atoms with Gasteiger partial charge in [-0.25, -0.2) is 26.8 Å². The lowest BCUT2D eigenvalue weighted by atomic mass is 10.2. The number of rotatable bonds is 7. The molecular weight excluding hydrogens is 612 g/mol.